The van der Waals surface area contributed by atoms with Crippen LogP contribution in [0.3, 0.4) is 0 Å². The molecular weight excluding hydrogens is 208 g/mol. The smallest absolute Gasteiger partial charge is 0.0557 e. The Bertz CT molecular complexity index is 308. The number of piperidine rings is 1. The van der Waals surface area contributed by atoms with Crippen molar-refractivity contribution in [3.05, 3.63) is 24.0 Å². The van der Waals surface area contributed by atoms with Gasteiger partial charge in [-0.25, -0.2) is 0 Å². The van der Waals surface area contributed by atoms with Gasteiger partial charge in [0.25, 0.3) is 0 Å². The highest BCUT2D eigenvalue weighted by Crippen LogP contribution is 2.28. The van der Waals surface area contributed by atoms with Gasteiger partial charge in [-0.3, -0.25) is 4.98 Å². The molecule has 17 heavy (non-hydrogen) atoms. The summed E-state index contributed by atoms with van der Waals surface area (Å²) in [7, 11) is 0. The van der Waals surface area contributed by atoms with Crippen molar-refractivity contribution in [2.45, 2.75) is 66.0 Å². The summed E-state index contributed by atoms with van der Waals surface area (Å²) < 4.78 is 0. The standard InChI is InChI=1S/C13H20N2.C2H6/c1-10-7-8-13(9-14-10)15-11(2)5-4-6-12(15)3;1-2/h7-9,11-12H,4-6H2,1-3H3;1-2H3. The maximum absolute atomic E-state index is 4.38. The van der Waals surface area contributed by atoms with Gasteiger partial charge in [0.2, 0.25) is 0 Å². The van der Waals surface area contributed by atoms with E-state index in [1.54, 1.807) is 0 Å². The van der Waals surface area contributed by atoms with E-state index < -0.39 is 0 Å². The van der Waals surface area contributed by atoms with Crippen LogP contribution in [0.15, 0.2) is 18.3 Å². The third kappa shape index (κ3) is 3.45. The zero-order chi connectivity index (χ0) is 12.8. The van der Waals surface area contributed by atoms with Crippen LogP contribution in [0.1, 0.15) is 52.7 Å². The van der Waals surface area contributed by atoms with Crippen molar-refractivity contribution in [1.29, 1.82) is 0 Å². The van der Waals surface area contributed by atoms with Crippen molar-refractivity contribution in [2.75, 3.05) is 4.90 Å². The molecule has 96 valence electrons. The molecule has 0 amide bonds. The SMILES string of the molecule is CC.Cc1ccc(N2C(C)CCCC2C)cn1. The van der Waals surface area contributed by atoms with Crippen molar-refractivity contribution < 1.29 is 0 Å². The third-order valence-corrected chi connectivity index (χ3v) is 3.39. The number of aryl methyl sites for hydroxylation is 1. The lowest BCUT2D eigenvalue weighted by Gasteiger charge is -2.40. The molecule has 0 N–H and O–H groups in total. The number of nitrogens with zero attached hydrogens (tertiary/aromatic N) is 2. The minimum Gasteiger partial charge on any atom is -0.365 e. The van der Waals surface area contributed by atoms with E-state index in [4.69, 9.17) is 0 Å². The van der Waals surface area contributed by atoms with E-state index in [0.717, 1.165) is 5.69 Å². The maximum Gasteiger partial charge on any atom is 0.0557 e. The summed E-state index contributed by atoms with van der Waals surface area (Å²) in [6.07, 6.45) is 5.97. The fraction of sp³-hybridized carbons (Fsp3) is 0.667. The van der Waals surface area contributed by atoms with E-state index in [2.05, 4.69) is 35.9 Å². The molecule has 1 fully saturated rings. The number of hydrogen-bond acceptors (Lipinski definition) is 2. The van der Waals surface area contributed by atoms with Crippen LogP contribution in [-0.4, -0.2) is 17.1 Å². The molecule has 2 nitrogen and oxygen atoms in total. The predicted molar refractivity (Wildman–Crippen MR) is 75.6 cm³/mol. The van der Waals surface area contributed by atoms with Gasteiger partial charge < -0.3 is 4.90 Å². The van der Waals surface area contributed by atoms with E-state index in [1.165, 1.54) is 24.9 Å². The topological polar surface area (TPSA) is 16.1 Å². The number of rotatable bonds is 1. The molecule has 1 aromatic heterocycles. The van der Waals surface area contributed by atoms with Gasteiger partial charge in [0.1, 0.15) is 0 Å². The van der Waals surface area contributed by atoms with Crippen molar-refractivity contribution >= 4 is 5.69 Å². The summed E-state index contributed by atoms with van der Waals surface area (Å²) in [5.74, 6) is 0. The molecule has 1 aromatic rings. The lowest BCUT2D eigenvalue weighted by atomic mass is 9.97. The minimum absolute atomic E-state index is 0.651. The summed E-state index contributed by atoms with van der Waals surface area (Å²) in [6, 6.07) is 5.60. The first-order valence-electron chi connectivity index (χ1n) is 6.89. The molecule has 2 atom stereocenters. The first kappa shape index (κ1) is 14.0. The molecule has 1 saturated heterocycles. The summed E-state index contributed by atoms with van der Waals surface area (Å²) in [5.41, 5.74) is 2.37. The molecule has 2 rings (SSSR count). The average molecular weight is 234 g/mol. The Kier molecular flexibility index (Phi) is 5.46. The van der Waals surface area contributed by atoms with Crippen LogP contribution in [-0.2, 0) is 0 Å². The number of anilines is 1. The van der Waals surface area contributed by atoms with Gasteiger partial charge in [-0.2, -0.15) is 0 Å². The van der Waals surface area contributed by atoms with E-state index in [1.807, 2.05) is 27.0 Å². The molecule has 0 radical (unpaired) electrons. The van der Waals surface area contributed by atoms with Crippen LogP contribution in [0, 0.1) is 6.92 Å². The zero-order valence-corrected chi connectivity index (χ0v) is 11.9. The first-order valence-corrected chi connectivity index (χ1v) is 6.89. The highest BCUT2D eigenvalue weighted by Gasteiger charge is 2.24. The highest BCUT2D eigenvalue weighted by atomic mass is 15.2. The maximum atomic E-state index is 4.38. The van der Waals surface area contributed by atoms with Gasteiger partial charge in [-0.15, -0.1) is 0 Å². The molecule has 0 saturated carbocycles. The molecule has 1 aliphatic heterocycles. The van der Waals surface area contributed by atoms with Crippen molar-refractivity contribution in [3.63, 3.8) is 0 Å². The Balaban J connectivity index is 0.000000686. The average Bonchev–Trinajstić information content (AvgIpc) is 2.34. The quantitative estimate of drug-likeness (QED) is 0.724. The summed E-state index contributed by atoms with van der Waals surface area (Å²) in [5, 5.41) is 0. The van der Waals surface area contributed by atoms with E-state index in [9.17, 15) is 0 Å². The fourth-order valence-electron chi connectivity index (χ4n) is 2.54. The van der Waals surface area contributed by atoms with Crippen molar-refractivity contribution in [3.8, 4) is 0 Å². The van der Waals surface area contributed by atoms with Gasteiger partial charge in [-0.1, -0.05) is 13.8 Å². The first-order chi connectivity index (χ1) is 8.18. The molecule has 2 unspecified atom stereocenters. The van der Waals surface area contributed by atoms with Crippen molar-refractivity contribution in [2.24, 2.45) is 0 Å². The normalized spacial score (nSPS) is 23.9. The van der Waals surface area contributed by atoms with Crippen LogP contribution >= 0.6 is 0 Å². The molecule has 1 aliphatic rings. The molecule has 0 spiro atoms. The second-order valence-electron chi connectivity index (χ2n) is 4.69. The van der Waals surface area contributed by atoms with E-state index in [-0.39, 0.29) is 0 Å². The number of aromatic nitrogens is 1. The number of pyridine rings is 1. The molecule has 0 aliphatic carbocycles. The van der Waals surface area contributed by atoms with Gasteiger partial charge in [-0.05, 0) is 52.2 Å². The zero-order valence-electron chi connectivity index (χ0n) is 11.9. The Morgan fingerprint density at radius 3 is 2.18 bits per heavy atom. The second kappa shape index (κ2) is 6.63. The molecule has 2 heterocycles. The Morgan fingerprint density at radius 2 is 1.71 bits per heavy atom. The summed E-state index contributed by atoms with van der Waals surface area (Å²) in [6.45, 7) is 10.7. The van der Waals surface area contributed by atoms with E-state index >= 15 is 0 Å². The second-order valence-corrected chi connectivity index (χ2v) is 4.69. The largest absolute Gasteiger partial charge is 0.365 e. The molecule has 2 heteroatoms. The lowest BCUT2D eigenvalue weighted by Crippen LogP contribution is -2.43. The van der Waals surface area contributed by atoms with Crippen molar-refractivity contribution in [1.82, 2.24) is 4.98 Å². The summed E-state index contributed by atoms with van der Waals surface area (Å²) in [4.78, 5) is 6.89. The summed E-state index contributed by atoms with van der Waals surface area (Å²) >= 11 is 0. The highest BCUT2D eigenvalue weighted by molar-refractivity contribution is 5.47. The molecular formula is C15H26N2. The fourth-order valence-corrected chi connectivity index (χ4v) is 2.54. The predicted octanol–water partition coefficient (Wildman–Crippen LogP) is 4.18. The molecule has 0 aromatic carbocycles. The van der Waals surface area contributed by atoms with Crippen LogP contribution in [0.4, 0.5) is 5.69 Å². The minimum atomic E-state index is 0.651. The van der Waals surface area contributed by atoms with Crippen LogP contribution in [0.2, 0.25) is 0 Å². The van der Waals surface area contributed by atoms with Crippen LogP contribution in [0.5, 0.6) is 0 Å². The van der Waals surface area contributed by atoms with Gasteiger partial charge in [0, 0.05) is 17.8 Å². The third-order valence-electron chi connectivity index (χ3n) is 3.39. The van der Waals surface area contributed by atoms with Gasteiger partial charge >= 0.3 is 0 Å². The van der Waals surface area contributed by atoms with Crippen LogP contribution < -0.4 is 4.90 Å². The Hall–Kier alpha value is -1.05. The number of hydrogen-bond donors (Lipinski definition) is 0. The Labute approximate surface area is 106 Å². The Morgan fingerprint density at radius 1 is 1.12 bits per heavy atom. The van der Waals surface area contributed by atoms with Gasteiger partial charge in [0.15, 0.2) is 0 Å². The van der Waals surface area contributed by atoms with E-state index in [0.29, 0.717) is 12.1 Å². The van der Waals surface area contributed by atoms with Crippen LogP contribution in [0.25, 0.3) is 0 Å². The molecule has 0 bridgehead atoms. The lowest BCUT2D eigenvalue weighted by molar-refractivity contribution is 0.414. The van der Waals surface area contributed by atoms with Gasteiger partial charge in [0.05, 0.1) is 11.9 Å². The monoisotopic (exact) mass is 234 g/mol.